The average molecular weight is 272 g/mol. The molecule has 0 bridgehead atoms. The molecule has 6 heteroatoms. The maximum atomic E-state index is 12.2. The number of rotatable bonds is 1. The molecule has 2 aliphatic rings. The van der Waals surface area contributed by atoms with Gasteiger partial charge in [-0.05, 0) is 25.7 Å². The van der Waals surface area contributed by atoms with Gasteiger partial charge < -0.3 is 15.2 Å². The standard InChI is InChI=1S/C12H17N3O2.ClH/c13-8-3-4-10-9(7-8)11(14-17-10)12(16)15-5-1-2-6-15;/h8H,1-7,13H2;1H. The number of nitrogens with zero attached hydrogens (tertiary/aromatic N) is 2. The smallest absolute Gasteiger partial charge is 0.276 e. The fraction of sp³-hybridized carbons (Fsp3) is 0.667. The lowest BCUT2D eigenvalue weighted by molar-refractivity contribution is 0.0781. The van der Waals surface area contributed by atoms with Crippen LogP contribution in [0.4, 0.5) is 0 Å². The fourth-order valence-electron chi connectivity index (χ4n) is 2.67. The molecule has 1 aromatic heterocycles. The van der Waals surface area contributed by atoms with Crippen molar-refractivity contribution in [3.63, 3.8) is 0 Å². The van der Waals surface area contributed by atoms with Crippen molar-refractivity contribution >= 4 is 18.3 Å². The van der Waals surface area contributed by atoms with E-state index in [0.29, 0.717) is 12.1 Å². The summed E-state index contributed by atoms with van der Waals surface area (Å²) in [4.78, 5) is 14.1. The minimum atomic E-state index is 0. The van der Waals surface area contributed by atoms with Crippen LogP contribution in [-0.2, 0) is 12.8 Å². The van der Waals surface area contributed by atoms with Gasteiger partial charge in [0, 0.05) is 31.1 Å². The summed E-state index contributed by atoms with van der Waals surface area (Å²) in [5, 5.41) is 3.96. The lowest BCUT2D eigenvalue weighted by Gasteiger charge is -2.18. The predicted molar refractivity (Wildman–Crippen MR) is 68.9 cm³/mol. The Morgan fingerprint density at radius 1 is 1.39 bits per heavy atom. The van der Waals surface area contributed by atoms with Crippen molar-refractivity contribution in [1.82, 2.24) is 10.1 Å². The molecule has 1 amide bonds. The van der Waals surface area contributed by atoms with Gasteiger partial charge in [-0.15, -0.1) is 12.4 Å². The largest absolute Gasteiger partial charge is 0.360 e. The third-order valence-corrected chi connectivity index (χ3v) is 3.67. The topological polar surface area (TPSA) is 72.4 Å². The van der Waals surface area contributed by atoms with Gasteiger partial charge in [-0.3, -0.25) is 4.79 Å². The number of halogens is 1. The molecule has 3 rings (SSSR count). The summed E-state index contributed by atoms with van der Waals surface area (Å²) in [5.74, 6) is 0.871. The molecule has 1 saturated heterocycles. The number of amides is 1. The number of hydrogen-bond acceptors (Lipinski definition) is 4. The first kappa shape index (κ1) is 13.4. The van der Waals surface area contributed by atoms with E-state index in [1.807, 2.05) is 4.90 Å². The second-order valence-electron chi connectivity index (χ2n) is 4.94. The fourth-order valence-corrected chi connectivity index (χ4v) is 2.67. The van der Waals surface area contributed by atoms with Crippen LogP contribution in [0.2, 0.25) is 0 Å². The molecule has 1 fully saturated rings. The Morgan fingerprint density at radius 3 is 2.83 bits per heavy atom. The van der Waals surface area contributed by atoms with Crippen LogP contribution in [0.5, 0.6) is 0 Å². The Morgan fingerprint density at radius 2 is 2.11 bits per heavy atom. The summed E-state index contributed by atoms with van der Waals surface area (Å²) < 4.78 is 5.26. The van der Waals surface area contributed by atoms with Crippen LogP contribution in [0.3, 0.4) is 0 Å². The molecule has 0 spiro atoms. The minimum Gasteiger partial charge on any atom is -0.360 e. The molecule has 18 heavy (non-hydrogen) atoms. The maximum Gasteiger partial charge on any atom is 0.276 e. The van der Waals surface area contributed by atoms with Crippen molar-refractivity contribution < 1.29 is 9.32 Å². The zero-order chi connectivity index (χ0) is 11.8. The van der Waals surface area contributed by atoms with E-state index in [1.165, 1.54) is 0 Å². The molecule has 1 aliphatic carbocycles. The van der Waals surface area contributed by atoms with E-state index in [1.54, 1.807) is 0 Å². The molecule has 1 unspecified atom stereocenters. The van der Waals surface area contributed by atoms with Gasteiger partial charge in [0.25, 0.3) is 5.91 Å². The number of fused-ring (bicyclic) bond motifs is 1. The first-order chi connectivity index (χ1) is 8.25. The van der Waals surface area contributed by atoms with Gasteiger partial charge in [0.1, 0.15) is 5.76 Å². The molecular formula is C12H18ClN3O2. The molecule has 0 radical (unpaired) electrons. The number of carbonyl (C=O) groups excluding carboxylic acids is 1. The third kappa shape index (κ3) is 2.24. The summed E-state index contributed by atoms with van der Waals surface area (Å²) in [6.45, 7) is 1.68. The first-order valence-electron chi connectivity index (χ1n) is 6.28. The number of aromatic nitrogens is 1. The maximum absolute atomic E-state index is 12.2. The van der Waals surface area contributed by atoms with Crippen LogP contribution in [0.15, 0.2) is 4.52 Å². The predicted octanol–water partition coefficient (Wildman–Crippen LogP) is 1.15. The van der Waals surface area contributed by atoms with Crippen LogP contribution in [0, 0.1) is 0 Å². The van der Waals surface area contributed by atoms with E-state index in [-0.39, 0.29) is 24.4 Å². The lowest BCUT2D eigenvalue weighted by atomic mass is 9.92. The molecule has 2 heterocycles. The number of hydrogen-bond donors (Lipinski definition) is 1. The Labute approximate surface area is 112 Å². The number of aryl methyl sites for hydroxylation is 1. The van der Waals surface area contributed by atoms with E-state index < -0.39 is 0 Å². The SMILES string of the molecule is Cl.NC1CCc2onc(C(=O)N3CCCC3)c2C1. The van der Waals surface area contributed by atoms with E-state index >= 15 is 0 Å². The van der Waals surface area contributed by atoms with Crippen molar-refractivity contribution in [2.24, 2.45) is 5.73 Å². The normalized spacial score (nSPS) is 22.5. The number of carbonyl (C=O) groups is 1. The molecular weight excluding hydrogens is 254 g/mol. The van der Waals surface area contributed by atoms with Gasteiger partial charge in [-0.25, -0.2) is 0 Å². The molecule has 0 saturated carbocycles. The van der Waals surface area contributed by atoms with Gasteiger partial charge in [0.2, 0.25) is 0 Å². The van der Waals surface area contributed by atoms with Crippen molar-refractivity contribution in [2.45, 2.75) is 38.1 Å². The second kappa shape index (κ2) is 5.28. The van der Waals surface area contributed by atoms with Crippen LogP contribution < -0.4 is 5.73 Å². The third-order valence-electron chi connectivity index (χ3n) is 3.67. The highest BCUT2D eigenvalue weighted by atomic mass is 35.5. The highest BCUT2D eigenvalue weighted by Crippen LogP contribution is 2.25. The Hall–Kier alpha value is -1.07. The van der Waals surface area contributed by atoms with Crippen molar-refractivity contribution in [1.29, 1.82) is 0 Å². The Balaban J connectivity index is 0.00000120. The molecule has 1 aliphatic heterocycles. The zero-order valence-electron chi connectivity index (χ0n) is 10.2. The van der Waals surface area contributed by atoms with Gasteiger partial charge in [-0.2, -0.15) is 0 Å². The average Bonchev–Trinajstić information content (AvgIpc) is 2.97. The summed E-state index contributed by atoms with van der Waals surface area (Å²) in [6, 6.07) is 0.132. The van der Waals surface area contributed by atoms with Gasteiger partial charge in [-0.1, -0.05) is 5.16 Å². The summed E-state index contributed by atoms with van der Waals surface area (Å²) in [6.07, 6.45) is 4.61. The molecule has 1 atom stereocenters. The van der Waals surface area contributed by atoms with E-state index in [0.717, 1.165) is 50.1 Å². The minimum absolute atomic E-state index is 0. The highest BCUT2D eigenvalue weighted by molar-refractivity contribution is 5.94. The van der Waals surface area contributed by atoms with Crippen LogP contribution in [0.1, 0.15) is 41.1 Å². The highest BCUT2D eigenvalue weighted by Gasteiger charge is 2.30. The van der Waals surface area contributed by atoms with Crippen LogP contribution >= 0.6 is 12.4 Å². The quantitative estimate of drug-likeness (QED) is 0.832. The van der Waals surface area contributed by atoms with Crippen LogP contribution in [0.25, 0.3) is 0 Å². The van der Waals surface area contributed by atoms with Gasteiger partial charge >= 0.3 is 0 Å². The molecule has 5 nitrogen and oxygen atoms in total. The summed E-state index contributed by atoms with van der Waals surface area (Å²) >= 11 is 0. The monoisotopic (exact) mass is 271 g/mol. The number of likely N-dealkylation sites (tertiary alicyclic amines) is 1. The Bertz CT molecular complexity index is 441. The van der Waals surface area contributed by atoms with Gasteiger partial charge in [0.15, 0.2) is 5.69 Å². The first-order valence-corrected chi connectivity index (χ1v) is 6.28. The zero-order valence-corrected chi connectivity index (χ0v) is 11.0. The van der Waals surface area contributed by atoms with Crippen molar-refractivity contribution in [2.75, 3.05) is 13.1 Å². The van der Waals surface area contributed by atoms with E-state index in [4.69, 9.17) is 10.3 Å². The van der Waals surface area contributed by atoms with E-state index in [9.17, 15) is 4.79 Å². The number of nitrogens with two attached hydrogens (primary N) is 1. The van der Waals surface area contributed by atoms with E-state index in [2.05, 4.69) is 5.16 Å². The summed E-state index contributed by atoms with van der Waals surface area (Å²) in [7, 11) is 0. The molecule has 1 aromatic rings. The molecule has 100 valence electrons. The molecule has 0 aromatic carbocycles. The Kier molecular flexibility index (Phi) is 3.92. The second-order valence-corrected chi connectivity index (χ2v) is 4.94. The van der Waals surface area contributed by atoms with Gasteiger partial charge in [0.05, 0.1) is 0 Å². The van der Waals surface area contributed by atoms with Crippen molar-refractivity contribution in [3.8, 4) is 0 Å². The van der Waals surface area contributed by atoms with Crippen LogP contribution in [-0.4, -0.2) is 35.1 Å². The lowest BCUT2D eigenvalue weighted by Crippen LogP contribution is -2.32. The van der Waals surface area contributed by atoms with Crippen molar-refractivity contribution in [3.05, 3.63) is 17.0 Å². The summed E-state index contributed by atoms with van der Waals surface area (Å²) in [5.41, 5.74) is 7.38. The molecule has 2 N–H and O–H groups in total.